The summed E-state index contributed by atoms with van der Waals surface area (Å²) in [6.45, 7) is 1.92. The molecule has 0 aliphatic heterocycles. The molecule has 3 rings (SSSR count). The molecule has 2 aromatic carbocycles. The Labute approximate surface area is 199 Å². The van der Waals surface area contributed by atoms with Gasteiger partial charge in [0.1, 0.15) is 5.69 Å². The molecule has 11 heteroatoms. The van der Waals surface area contributed by atoms with E-state index < -0.39 is 29.5 Å². The summed E-state index contributed by atoms with van der Waals surface area (Å²) in [6.07, 6.45) is -3.94. The van der Waals surface area contributed by atoms with Crippen LogP contribution in [-0.4, -0.2) is 34.7 Å². The minimum absolute atomic E-state index is 0.00271. The predicted molar refractivity (Wildman–Crippen MR) is 121 cm³/mol. The molecule has 0 saturated heterocycles. The van der Waals surface area contributed by atoms with Crippen LogP contribution in [0.3, 0.4) is 0 Å². The zero-order chi connectivity index (χ0) is 25.8. The number of nitrogens with zero attached hydrogens (tertiary/aromatic N) is 2. The lowest BCUT2D eigenvalue weighted by atomic mass is 10.1. The van der Waals surface area contributed by atoms with Crippen LogP contribution in [0.2, 0.25) is 0 Å². The fourth-order valence-corrected chi connectivity index (χ4v) is 3.33. The van der Waals surface area contributed by atoms with Gasteiger partial charge in [-0.15, -0.1) is 0 Å². The lowest BCUT2D eigenvalue weighted by Gasteiger charge is -2.12. The van der Waals surface area contributed by atoms with Gasteiger partial charge in [0.05, 0.1) is 23.9 Å². The maximum absolute atomic E-state index is 13.0. The van der Waals surface area contributed by atoms with Crippen LogP contribution in [0.25, 0.3) is 0 Å². The fraction of sp³-hybridized carbons (Fsp3) is 0.250. The molecule has 0 bridgehead atoms. The number of esters is 1. The second kappa shape index (κ2) is 10.4. The number of carbonyl (C=O) groups excluding carboxylic acids is 3. The highest BCUT2D eigenvalue weighted by molar-refractivity contribution is 6.05. The van der Waals surface area contributed by atoms with E-state index in [9.17, 15) is 27.6 Å². The Morgan fingerprint density at radius 3 is 2.40 bits per heavy atom. The molecule has 0 radical (unpaired) electrons. The van der Waals surface area contributed by atoms with Crippen LogP contribution in [0.1, 0.15) is 54.9 Å². The van der Waals surface area contributed by atoms with Crippen LogP contribution in [0.5, 0.6) is 0 Å². The molecule has 0 unspecified atom stereocenters. The van der Waals surface area contributed by atoms with Gasteiger partial charge in [-0.1, -0.05) is 13.0 Å². The van der Waals surface area contributed by atoms with Crippen LogP contribution in [0.4, 0.5) is 18.9 Å². The number of rotatable bonds is 7. The number of anilines is 1. The van der Waals surface area contributed by atoms with Crippen molar-refractivity contribution in [3.63, 3.8) is 0 Å². The summed E-state index contributed by atoms with van der Waals surface area (Å²) >= 11 is 0. The third-order valence-electron chi connectivity index (χ3n) is 5.10. The molecule has 3 aromatic rings. The molecule has 1 heterocycles. The number of amides is 2. The minimum Gasteiger partial charge on any atom is -0.465 e. The number of carbonyl (C=O) groups is 3. The number of hydrogen-bond donors (Lipinski definition) is 2. The quantitative estimate of drug-likeness (QED) is 0.490. The van der Waals surface area contributed by atoms with Gasteiger partial charge in [-0.25, -0.2) is 4.79 Å². The first-order valence-electron chi connectivity index (χ1n) is 10.5. The van der Waals surface area contributed by atoms with Crippen molar-refractivity contribution < 1.29 is 32.3 Å². The first-order valence-corrected chi connectivity index (χ1v) is 10.5. The molecule has 0 atom stereocenters. The number of benzene rings is 2. The SMILES string of the molecule is CCc1cc(C(=O)NCc2cc(NC(=O)c3cccc(C(F)(F)F)c3)cc(C(=O)OC)c2)n(C)n1. The number of aromatic nitrogens is 2. The number of nitrogens with one attached hydrogen (secondary N) is 2. The molecule has 0 aliphatic rings. The van der Waals surface area contributed by atoms with Gasteiger partial charge in [0.2, 0.25) is 0 Å². The molecule has 2 amide bonds. The largest absolute Gasteiger partial charge is 0.465 e. The first-order chi connectivity index (χ1) is 16.5. The number of hydrogen-bond acceptors (Lipinski definition) is 5. The van der Waals surface area contributed by atoms with Crippen molar-refractivity contribution >= 4 is 23.5 Å². The summed E-state index contributed by atoms with van der Waals surface area (Å²) in [7, 11) is 2.83. The van der Waals surface area contributed by atoms with Gasteiger partial charge >= 0.3 is 12.1 Å². The summed E-state index contributed by atoms with van der Waals surface area (Å²) in [6, 6.07) is 9.95. The van der Waals surface area contributed by atoms with Crippen LogP contribution in [0.15, 0.2) is 48.5 Å². The molecule has 2 N–H and O–H groups in total. The van der Waals surface area contributed by atoms with Crippen LogP contribution >= 0.6 is 0 Å². The summed E-state index contributed by atoms with van der Waals surface area (Å²) in [5, 5.41) is 9.45. The van der Waals surface area contributed by atoms with E-state index in [1.807, 2.05) is 6.92 Å². The number of halogens is 3. The number of alkyl halides is 3. The Hall–Kier alpha value is -4.15. The Morgan fingerprint density at radius 1 is 1.03 bits per heavy atom. The van der Waals surface area contributed by atoms with Gasteiger partial charge in [0.15, 0.2) is 0 Å². The van der Waals surface area contributed by atoms with Crippen molar-refractivity contribution in [2.24, 2.45) is 7.05 Å². The Kier molecular flexibility index (Phi) is 7.58. The molecule has 8 nitrogen and oxygen atoms in total. The van der Waals surface area contributed by atoms with E-state index >= 15 is 0 Å². The van der Waals surface area contributed by atoms with Crippen molar-refractivity contribution in [3.05, 3.63) is 82.2 Å². The average molecular weight is 488 g/mol. The van der Waals surface area contributed by atoms with Gasteiger partial charge in [-0.2, -0.15) is 18.3 Å². The van der Waals surface area contributed by atoms with E-state index in [-0.39, 0.29) is 23.4 Å². The van der Waals surface area contributed by atoms with E-state index in [0.29, 0.717) is 17.7 Å². The standard InChI is InChI=1S/C24H23F3N4O4/c1-4-18-12-20(31(2)30-18)22(33)28-13-14-8-16(23(34)35-3)11-19(9-14)29-21(32)15-6-5-7-17(10-15)24(25,26)27/h5-12H,4,13H2,1-3H3,(H,28,33)(H,29,32). The topological polar surface area (TPSA) is 102 Å². The zero-order valence-electron chi connectivity index (χ0n) is 19.2. The van der Waals surface area contributed by atoms with Crippen LogP contribution < -0.4 is 10.6 Å². The van der Waals surface area contributed by atoms with Crippen LogP contribution in [-0.2, 0) is 30.9 Å². The van der Waals surface area contributed by atoms with E-state index in [1.54, 1.807) is 13.1 Å². The average Bonchev–Trinajstić information content (AvgIpc) is 3.22. The van der Waals surface area contributed by atoms with Crippen molar-refractivity contribution in [2.75, 3.05) is 12.4 Å². The Balaban J connectivity index is 1.82. The smallest absolute Gasteiger partial charge is 0.416 e. The van der Waals surface area contributed by atoms with Gasteiger partial charge in [0.25, 0.3) is 11.8 Å². The molecule has 0 spiro atoms. The lowest BCUT2D eigenvalue weighted by molar-refractivity contribution is -0.137. The molecule has 0 aliphatic carbocycles. The van der Waals surface area contributed by atoms with E-state index in [4.69, 9.17) is 4.74 Å². The zero-order valence-corrected chi connectivity index (χ0v) is 19.2. The Morgan fingerprint density at radius 2 is 1.77 bits per heavy atom. The van der Waals surface area contributed by atoms with Crippen molar-refractivity contribution in [1.29, 1.82) is 0 Å². The highest BCUT2D eigenvalue weighted by Crippen LogP contribution is 2.29. The maximum Gasteiger partial charge on any atom is 0.416 e. The van der Waals surface area contributed by atoms with E-state index in [1.165, 1.54) is 36.1 Å². The van der Waals surface area contributed by atoms with Crippen molar-refractivity contribution in [2.45, 2.75) is 26.1 Å². The molecule has 0 fully saturated rings. The van der Waals surface area contributed by atoms with Crippen molar-refractivity contribution in [3.8, 4) is 0 Å². The fourth-order valence-electron chi connectivity index (χ4n) is 3.33. The van der Waals surface area contributed by atoms with Crippen LogP contribution in [0, 0.1) is 0 Å². The number of aryl methyl sites for hydroxylation is 2. The predicted octanol–water partition coefficient (Wildman–Crippen LogP) is 3.97. The number of methoxy groups -OCH3 is 1. The highest BCUT2D eigenvalue weighted by Gasteiger charge is 2.31. The summed E-state index contributed by atoms with van der Waals surface area (Å²) in [5.74, 6) is -1.88. The highest BCUT2D eigenvalue weighted by atomic mass is 19.4. The van der Waals surface area contributed by atoms with Gasteiger partial charge in [-0.05, 0) is 54.4 Å². The summed E-state index contributed by atoms with van der Waals surface area (Å²) in [5.41, 5.74) is 0.632. The molecular weight excluding hydrogens is 465 g/mol. The normalized spacial score (nSPS) is 11.1. The van der Waals surface area contributed by atoms with Crippen molar-refractivity contribution in [1.82, 2.24) is 15.1 Å². The van der Waals surface area contributed by atoms with E-state index in [0.717, 1.165) is 23.9 Å². The second-order valence-corrected chi connectivity index (χ2v) is 7.62. The first kappa shape index (κ1) is 25.5. The number of ether oxygens (including phenoxy) is 1. The van der Waals surface area contributed by atoms with Gasteiger partial charge in [0, 0.05) is 24.8 Å². The van der Waals surface area contributed by atoms with E-state index in [2.05, 4.69) is 15.7 Å². The monoisotopic (exact) mass is 488 g/mol. The lowest BCUT2D eigenvalue weighted by Crippen LogP contribution is -2.25. The van der Waals surface area contributed by atoms with Gasteiger partial charge in [-0.3, -0.25) is 14.3 Å². The minimum atomic E-state index is -4.60. The molecule has 184 valence electrons. The molecule has 1 aromatic heterocycles. The maximum atomic E-state index is 13.0. The third-order valence-corrected chi connectivity index (χ3v) is 5.10. The molecule has 0 saturated carbocycles. The summed E-state index contributed by atoms with van der Waals surface area (Å²) < 4.78 is 45.2. The molecule has 35 heavy (non-hydrogen) atoms. The van der Waals surface area contributed by atoms with Gasteiger partial charge < -0.3 is 15.4 Å². The Bertz CT molecular complexity index is 1270. The molecular formula is C24H23F3N4O4. The second-order valence-electron chi connectivity index (χ2n) is 7.62. The third kappa shape index (κ3) is 6.25. The summed E-state index contributed by atoms with van der Waals surface area (Å²) in [4.78, 5) is 37.3.